The van der Waals surface area contributed by atoms with Gasteiger partial charge in [-0.15, -0.1) is 0 Å². The van der Waals surface area contributed by atoms with Crippen LogP contribution >= 0.6 is 0 Å². The van der Waals surface area contributed by atoms with Crippen LogP contribution in [0.4, 0.5) is 5.69 Å². The smallest absolute Gasteiger partial charge is 0.262 e. The van der Waals surface area contributed by atoms with E-state index in [2.05, 4.69) is 4.72 Å². The number of hydrogen-bond acceptors (Lipinski definition) is 4. The molecule has 0 aliphatic heterocycles. The summed E-state index contributed by atoms with van der Waals surface area (Å²) in [6, 6.07) is 22.0. The maximum Gasteiger partial charge on any atom is 0.262 e. The fourth-order valence-corrected chi connectivity index (χ4v) is 4.02. The zero-order valence-electron chi connectivity index (χ0n) is 15.0. The number of fused-ring (bicyclic) bond motifs is 1. The van der Waals surface area contributed by atoms with E-state index >= 15 is 0 Å². The Morgan fingerprint density at radius 2 is 1.50 bits per heavy atom. The Balaban J connectivity index is 1.84. The predicted molar refractivity (Wildman–Crippen MR) is 108 cm³/mol. The lowest BCUT2D eigenvalue weighted by molar-refractivity contribution is 0.101. The van der Waals surface area contributed by atoms with E-state index in [9.17, 15) is 13.2 Å². The standard InChI is InChI=1S/C22H17NO4S/c1-15-11-13-17(14-12-15)28(25,26)23-20-18-9-5-6-10-19(18)27-22(20)21(24)16-7-3-2-4-8-16/h2-14,23H,1H3. The summed E-state index contributed by atoms with van der Waals surface area (Å²) in [7, 11) is -3.89. The second-order valence-electron chi connectivity index (χ2n) is 6.42. The highest BCUT2D eigenvalue weighted by Gasteiger charge is 2.26. The number of rotatable bonds is 5. The number of benzene rings is 3. The molecule has 28 heavy (non-hydrogen) atoms. The molecular formula is C22H17NO4S. The molecule has 0 atom stereocenters. The minimum Gasteiger partial charge on any atom is -0.450 e. The molecule has 0 radical (unpaired) electrons. The zero-order valence-corrected chi connectivity index (χ0v) is 15.9. The fourth-order valence-electron chi connectivity index (χ4n) is 2.94. The minimum atomic E-state index is -3.89. The zero-order chi connectivity index (χ0) is 19.7. The Morgan fingerprint density at radius 3 is 2.21 bits per heavy atom. The Morgan fingerprint density at radius 1 is 0.857 bits per heavy atom. The van der Waals surface area contributed by atoms with E-state index in [1.54, 1.807) is 66.7 Å². The number of aryl methyl sites for hydroxylation is 1. The molecular weight excluding hydrogens is 374 g/mol. The summed E-state index contributed by atoms with van der Waals surface area (Å²) in [4.78, 5) is 13.1. The second-order valence-corrected chi connectivity index (χ2v) is 8.10. The van der Waals surface area contributed by atoms with Crippen LogP contribution in [0.3, 0.4) is 0 Å². The van der Waals surface area contributed by atoms with Crippen LogP contribution in [0, 0.1) is 6.92 Å². The molecule has 0 bridgehead atoms. The van der Waals surface area contributed by atoms with Crippen LogP contribution < -0.4 is 4.72 Å². The largest absolute Gasteiger partial charge is 0.450 e. The molecule has 1 heterocycles. The molecule has 5 nitrogen and oxygen atoms in total. The Hall–Kier alpha value is -3.38. The Bertz CT molecular complexity index is 1260. The van der Waals surface area contributed by atoms with E-state index in [0.717, 1.165) is 5.56 Å². The first kappa shape index (κ1) is 18.0. The number of nitrogens with one attached hydrogen (secondary N) is 1. The molecule has 3 aromatic carbocycles. The van der Waals surface area contributed by atoms with Crippen LogP contribution in [0.25, 0.3) is 11.0 Å². The first-order chi connectivity index (χ1) is 13.5. The van der Waals surface area contributed by atoms with Gasteiger partial charge in [0.15, 0.2) is 5.76 Å². The van der Waals surface area contributed by atoms with Crippen molar-refractivity contribution in [3.8, 4) is 0 Å². The number of hydrogen-bond donors (Lipinski definition) is 1. The SMILES string of the molecule is Cc1ccc(S(=O)(=O)Nc2c(C(=O)c3ccccc3)oc3ccccc23)cc1. The monoisotopic (exact) mass is 391 g/mol. The lowest BCUT2D eigenvalue weighted by atomic mass is 10.1. The third kappa shape index (κ3) is 3.30. The molecule has 0 aliphatic rings. The highest BCUT2D eigenvalue weighted by atomic mass is 32.2. The normalized spacial score (nSPS) is 11.5. The maximum absolute atomic E-state index is 13.0. The molecule has 1 N–H and O–H groups in total. The maximum atomic E-state index is 13.0. The summed E-state index contributed by atoms with van der Waals surface area (Å²) >= 11 is 0. The van der Waals surface area contributed by atoms with Gasteiger partial charge in [-0.1, -0.05) is 60.2 Å². The second kappa shape index (κ2) is 6.98. The van der Waals surface area contributed by atoms with Gasteiger partial charge in [-0.05, 0) is 31.2 Å². The van der Waals surface area contributed by atoms with Crippen LogP contribution in [0.2, 0.25) is 0 Å². The van der Waals surface area contributed by atoms with Crippen molar-refractivity contribution in [3.05, 3.63) is 95.7 Å². The van der Waals surface area contributed by atoms with Gasteiger partial charge < -0.3 is 4.42 Å². The summed E-state index contributed by atoms with van der Waals surface area (Å²) in [5.41, 5.74) is 1.94. The van der Waals surface area contributed by atoms with Gasteiger partial charge >= 0.3 is 0 Å². The van der Waals surface area contributed by atoms with Gasteiger partial charge in [0.2, 0.25) is 5.78 Å². The summed E-state index contributed by atoms with van der Waals surface area (Å²) < 4.78 is 34.1. The highest BCUT2D eigenvalue weighted by Crippen LogP contribution is 2.34. The van der Waals surface area contributed by atoms with Gasteiger partial charge in [0.1, 0.15) is 11.3 Å². The van der Waals surface area contributed by atoms with Crippen LogP contribution in [0.15, 0.2) is 88.2 Å². The topological polar surface area (TPSA) is 76.4 Å². The Kier molecular flexibility index (Phi) is 4.49. The average Bonchev–Trinajstić information content (AvgIpc) is 3.06. The molecule has 4 rings (SSSR count). The van der Waals surface area contributed by atoms with Crippen molar-refractivity contribution >= 4 is 32.5 Å². The van der Waals surface area contributed by atoms with E-state index < -0.39 is 15.8 Å². The highest BCUT2D eigenvalue weighted by molar-refractivity contribution is 7.92. The average molecular weight is 391 g/mol. The van der Waals surface area contributed by atoms with E-state index in [-0.39, 0.29) is 16.3 Å². The third-order valence-corrected chi connectivity index (χ3v) is 5.77. The molecule has 0 spiro atoms. The minimum absolute atomic E-state index is 0.0388. The van der Waals surface area contributed by atoms with E-state index in [1.165, 1.54) is 12.1 Å². The van der Waals surface area contributed by atoms with Crippen molar-refractivity contribution in [2.75, 3.05) is 4.72 Å². The number of sulfonamides is 1. The van der Waals surface area contributed by atoms with Gasteiger partial charge in [-0.25, -0.2) is 8.42 Å². The number of ketones is 1. The molecule has 0 unspecified atom stereocenters. The van der Waals surface area contributed by atoms with Crippen molar-refractivity contribution in [1.29, 1.82) is 0 Å². The van der Waals surface area contributed by atoms with Crippen LogP contribution in [-0.2, 0) is 10.0 Å². The van der Waals surface area contributed by atoms with Gasteiger partial charge in [0.25, 0.3) is 10.0 Å². The lowest BCUT2D eigenvalue weighted by Crippen LogP contribution is -2.15. The molecule has 6 heteroatoms. The molecule has 4 aromatic rings. The number of para-hydroxylation sites is 1. The van der Waals surface area contributed by atoms with Crippen LogP contribution in [0.1, 0.15) is 21.7 Å². The van der Waals surface area contributed by atoms with E-state index in [4.69, 9.17) is 4.42 Å². The van der Waals surface area contributed by atoms with Gasteiger partial charge in [-0.3, -0.25) is 9.52 Å². The van der Waals surface area contributed by atoms with Crippen molar-refractivity contribution in [3.63, 3.8) is 0 Å². The van der Waals surface area contributed by atoms with Crippen molar-refractivity contribution in [2.45, 2.75) is 11.8 Å². The van der Waals surface area contributed by atoms with Gasteiger partial charge in [-0.2, -0.15) is 0 Å². The van der Waals surface area contributed by atoms with Gasteiger partial charge in [0.05, 0.1) is 4.90 Å². The van der Waals surface area contributed by atoms with E-state index in [1.807, 2.05) is 6.92 Å². The summed E-state index contributed by atoms with van der Waals surface area (Å²) in [6.45, 7) is 1.88. The number of furan rings is 1. The van der Waals surface area contributed by atoms with Gasteiger partial charge in [0, 0.05) is 10.9 Å². The first-order valence-corrected chi connectivity index (χ1v) is 10.1. The molecule has 0 aliphatic carbocycles. The summed E-state index contributed by atoms with van der Waals surface area (Å²) in [6.07, 6.45) is 0. The first-order valence-electron chi connectivity index (χ1n) is 8.66. The Labute approximate surface area is 162 Å². The van der Waals surface area contributed by atoms with Crippen LogP contribution in [-0.4, -0.2) is 14.2 Å². The number of carbonyl (C=O) groups is 1. The van der Waals surface area contributed by atoms with Crippen LogP contribution in [0.5, 0.6) is 0 Å². The van der Waals surface area contributed by atoms with Crippen molar-refractivity contribution in [2.24, 2.45) is 0 Å². The molecule has 0 amide bonds. The van der Waals surface area contributed by atoms with Crippen molar-refractivity contribution in [1.82, 2.24) is 0 Å². The third-order valence-electron chi connectivity index (χ3n) is 4.41. The van der Waals surface area contributed by atoms with E-state index in [0.29, 0.717) is 16.5 Å². The summed E-state index contributed by atoms with van der Waals surface area (Å²) in [5, 5.41) is 0.525. The molecule has 1 aromatic heterocycles. The molecule has 0 fully saturated rings. The fraction of sp³-hybridized carbons (Fsp3) is 0.0455. The van der Waals surface area contributed by atoms with Crippen molar-refractivity contribution < 1.29 is 17.6 Å². The quantitative estimate of drug-likeness (QED) is 0.497. The predicted octanol–water partition coefficient (Wildman–Crippen LogP) is 4.77. The molecule has 0 saturated heterocycles. The summed E-state index contributed by atoms with van der Waals surface area (Å²) in [5.74, 6) is -0.429. The number of anilines is 1. The number of carbonyl (C=O) groups excluding carboxylic acids is 1. The molecule has 140 valence electrons. The molecule has 0 saturated carbocycles. The lowest BCUT2D eigenvalue weighted by Gasteiger charge is -2.09.